The molecule has 0 aliphatic carbocycles. The van der Waals surface area contributed by atoms with Crippen molar-refractivity contribution in [2.75, 3.05) is 18.4 Å². The fourth-order valence-corrected chi connectivity index (χ4v) is 3.05. The summed E-state index contributed by atoms with van der Waals surface area (Å²) in [5, 5.41) is 7.10. The number of piperidine rings is 1. The number of carbonyl (C=O) groups is 1. The van der Waals surface area contributed by atoms with Crippen LogP contribution in [0.25, 0.3) is 0 Å². The van der Waals surface area contributed by atoms with Crippen molar-refractivity contribution in [3.63, 3.8) is 0 Å². The van der Waals surface area contributed by atoms with E-state index >= 15 is 0 Å². The average Bonchev–Trinajstić information content (AvgIpc) is 2.35. The quantitative estimate of drug-likeness (QED) is 0.742. The fourth-order valence-electron chi connectivity index (χ4n) is 2.90. The number of carbonyl (C=O) groups excluding carboxylic acids is 1. The Morgan fingerprint density at radius 3 is 3.00 bits per heavy atom. The van der Waals surface area contributed by atoms with Crippen LogP contribution in [0.2, 0.25) is 5.02 Å². The Hall–Kier alpha value is -1.06. The van der Waals surface area contributed by atoms with Gasteiger partial charge in [0.2, 0.25) is 5.91 Å². The summed E-state index contributed by atoms with van der Waals surface area (Å²) in [7, 11) is 0. The van der Waals surface area contributed by atoms with E-state index in [4.69, 9.17) is 11.6 Å². The van der Waals surface area contributed by atoms with E-state index in [-0.39, 0.29) is 11.8 Å². The average molecular weight is 251 g/mol. The maximum atomic E-state index is 12.1. The lowest BCUT2D eigenvalue weighted by Crippen LogP contribution is -2.44. The van der Waals surface area contributed by atoms with Crippen LogP contribution in [0.4, 0.5) is 5.69 Å². The highest BCUT2D eigenvalue weighted by Crippen LogP contribution is 2.41. The van der Waals surface area contributed by atoms with Crippen molar-refractivity contribution in [2.24, 2.45) is 5.92 Å². The minimum atomic E-state index is 0.115. The summed E-state index contributed by atoms with van der Waals surface area (Å²) < 4.78 is 0. The van der Waals surface area contributed by atoms with Crippen LogP contribution in [0, 0.1) is 12.8 Å². The monoisotopic (exact) mass is 250 g/mol. The zero-order valence-corrected chi connectivity index (χ0v) is 10.5. The number of amides is 1. The van der Waals surface area contributed by atoms with E-state index in [1.165, 1.54) is 5.56 Å². The molecule has 1 aromatic carbocycles. The molecule has 0 saturated carbocycles. The lowest BCUT2D eigenvalue weighted by atomic mass is 9.77. The van der Waals surface area contributed by atoms with Gasteiger partial charge in [-0.3, -0.25) is 4.79 Å². The second kappa shape index (κ2) is 4.00. The first-order chi connectivity index (χ1) is 8.18. The summed E-state index contributed by atoms with van der Waals surface area (Å²) in [6.45, 7) is 3.76. The molecule has 2 atom stereocenters. The molecule has 0 radical (unpaired) electrons. The Kier molecular flexibility index (Phi) is 2.60. The molecule has 2 aliphatic heterocycles. The zero-order valence-electron chi connectivity index (χ0n) is 9.72. The first-order valence-corrected chi connectivity index (χ1v) is 6.37. The van der Waals surface area contributed by atoms with Crippen molar-refractivity contribution in [3.05, 3.63) is 28.3 Å². The van der Waals surface area contributed by atoms with Gasteiger partial charge in [0.25, 0.3) is 0 Å². The van der Waals surface area contributed by atoms with E-state index in [9.17, 15) is 4.79 Å². The molecule has 3 rings (SSSR count). The van der Waals surface area contributed by atoms with E-state index in [2.05, 4.69) is 16.7 Å². The summed E-state index contributed by atoms with van der Waals surface area (Å²) in [5.41, 5.74) is 3.12. The Morgan fingerprint density at radius 1 is 1.35 bits per heavy atom. The van der Waals surface area contributed by atoms with Crippen molar-refractivity contribution in [2.45, 2.75) is 19.3 Å². The minimum absolute atomic E-state index is 0.115. The van der Waals surface area contributed by atoms with E-state index < -0.39 is 0 Å². The molecule has 1 aromatic rings. The lowest BCUT2D eigenvalue weighted by molar-refractivity contribution is -0.121. The maximum absolute atomic E-state index is 12.1. The largest absolute Gasteiger partial charge is 0.325 e. The molecule has 3 nitrogen and oxygen atoms in total. The van der Waals surface area contributed by atoms with Crippen LogP contribution in [0.5, 0.6) is 0 Å². The van der Waals surface area contributed by atoms with E-state index in [0.29, 0.717) is 10.9 Å². The highest BCUT2D eigenvalue weighted by molar-refractivity contribution is 6.32. The van der Waals surface area contributed by atoms with Crippen molar-refractivity contribution in [1.29, 1.82) is 0 Å². The molecule has 4 heteroatoms. The Labute approximate surface area is 106 Å². The number of nitrogens with one attached hydrogen (secondary N) is 2. The number of fused-ring (bicyclic) bond motifs is 3. The molecule has 0 spiro atoms. The van der Waals surface area contributed by atoms with Crippen LogP contribution in [-0.2, 0) is 4.79 Å². The van der Waals surface area contributed by atoms with Crippen molar-refractivity contribution in [1.82, 2.24) is 5.32 Å². The Balaban J connectivity index is 2.12. The molecule has 2 unspecified atom stereocenters. The molecule has 0 aromatic heterocycles. The lowest BCUT2D eigenvalue weighted by Gasteiger charge is -2.37. The maximum Gasteiger partial charge on any atom is 0.228 e. The first-order valence-electron chi connectivity index (χ1n) is 5.99. The minimum Gasteiger partial charge on any atom is -0.325 e. The third-order valence-corrected chi connectivity index (χ3v) is 4.31. The van der Waals surface area contributed by atoms with Gasteiger partial charge in [0, 0.05) is 29.1 Å². The topological polar surface area (TPSA) is 41.1 Å². The van der Waals surface area contributed by atoms with Crippen molar-refractivity contribution in [3.8, 4) is 0 Å². The van der Waals surface area contributed by atoms with Crippen LogP contribution in [0.15, 0.2) is 12.1 Å². The van der Waals surface area contributed by atoms with Crippen LogP contribution >= 0.6 is 11.6 Å². The molecule has 2 aliphatic rings. The number of rotatable bonds is 0. The second-order valence-corrected chi connectivity index (χ2v) is 5.24. The predicted molar refractivity (Wildman–Crippen MR) is 68.5 cm³/mol. The van der Waals surface area contributed by atoms with E-state index in [1.807, 2.05) is 13.0 Å². The van der Waals surface area contributed by atoms with Gasteiger partial charge in [-0.2, -0.15) is 0 Å². The number of halogens is 1. The summed E-state index contributed by atoms with van der Waals surface area (Å²) in [5.74, 6) is 0.558. The van der Waals surface area contributed by atoms with Gasteiger partial charge in [-0.05, 0) is 37.1 Å². The molecule has 90 valence electrons. The summed E-state index contributed by atoms with van der Waals surface area (Å²) in [6, 6.07) is 3.98. The number of hydrogen-bond acceptors (Lipinski definition) is 2. The second-order valence-electron chi connectivity index (χ2n) is 4.83. The SMILES string of the molecule is Cc1c(Cl)ccc2c1NC(=O)C1CCNCC21. The molecule has 1 amide bonds. The van der Waals surface area contributed by atoms with Gasteiger partial charge < -0.3 is 10.6 Å². The van der Waals surface area contributed by atoms with E-state index in [0.717, 1.165) is 30.8 Å². The van der Waals surface area contributed by atoms with Gasteiger partial charge in [-0.1, -0.05) is 17.7 Å². The first kappa shape index (κ1) is 11.1. The predicted octanol–water partition coefficient (Wildman–Crippen LogP) is 2.29. The molecule has 2 N–H and O–H groups in total. The molecule has 2 heterocycles. The fraction of sp³-hybridized carbons (Fsp3) is 0.462. The highest BCUT2D eigenvalue weighted by atomic mass is 35.5. The smallest absolute Gasteiger partial charge is 0.228 e. The zero-order chi connectivity index (χ0) is 12.0. The van der Waals surface area contributed by atoms with Crippen molar-refractivity contribution < 1.29 is 4.79 Å². The molecular weight excluding hydrogens is 236 g/mol. The molecule has 0 bridgehead atoms. The van der Waals surface area contributed by atoms with Gasteiger partial charge in [0.15, 0.2) is 0 Å². The van der Waals surface area contributed by atoms with Crippen LogP contribution in [-0.4, -0.2) is 19.0 Å². The summed E-state index contributed by atoms with van der Waals surface area (Å²) >= 11 is 6.10. The Bertz CT molecular complexity index is 487. The molecule has 17 heavy (non-hydrogen) atoms. The normalized spacial score (nSPS) is 27.1. The third-order valence-electron chi connectivity index (χ3n) is 3.90. The van der Waals surface area contributed by atoms with Crippen LogP contribution < -0.4 is 10.6 Å². The Morgan fingerprint density at radius 2 is 2.18 bits per heavy atom. The highest BCUT2D eigenvalue weighted by Gasteiger charge is 2.37. The number of hydrogen-bond donors (Lipinski definition) is 2. The molecule has 1 saturated heterocycles. The third kappa shape index (κ3) is 1.65. The summed E-state index contributed by atoms with van der Waals surface area (Å²) in [6.07, 6.45) is 0.914. The van der Waals surface area contributed by atoms with Crippen molar-refractivity contribution >= 4 is 23.2 Å². The van der Waals surface area contributed by atoms with Gasteiger partial charge in [0.05, 0.1) is 0 Å². The standard InChI is InChI=1S/C13H15ClN2O/c1-7-11(14)3-2-8-10-6-15-5-4-9(10)13(17)16-12(7)8/h2-3,9-10,15H,4-6H2,1H3,(H,16,17). The number of benzene rings is 1. The van der Waals surface area contributed by atoms with Gasteiger partial charge in [-0.25, -0.2) is 0 Å². The molecular formula is C13H15ClN2O. The van der Waals surface area contributed by atoms with E-state index in [1.54, 1.807) is 0 Å². The van der Waals surface area contributed by atoms with Gasteiger partial charge in [-0.15, -0.1) is 0 Å². The van der Waals surface area contributed by atoms with Gasteiger partial charge in [0.1, 0.15) is 0 Å². The molecule has 1 fully saturated rings. The van der Waals surface area contributed by atoms with Gasteiger partial charge >= 0.3 is 0 Å². The number of anilines is 1. The van der Waals surface area contributed by atoms with Crippen LogP contribution in [0.1, 0.15) is 23.5 Å². The summed E-state index contributed by atoms with van der Waals surface area (Å²) in [4.78, 5) is 12.1. The van der Waals surface area contributed by atoms with Crippen LogP contribution in [0.3, 0.4) is 0 Å².